The number of hydrogen-bond acceptors (Lipinski definition) is 4. The molecule has 0 unspecified atom stereocenters. The minimum absolute atomic E-state index is 0.00735. The van der Waals surface area contributed by atoms with Crippen LogP contribution in [0.25, 0.3) is 16.5 Å². The summed E-state index contributed by atoms with van der Waals surface area (Å²) in [5.41, 5.74) is 1.01. The van der Waals surface area contributed by atoms with Crippen molar-refractivity contribution in [1.82, 2.24) is 19.9 Å². The number of benzene rings is 2. The van der Waals surface area contributed by atoms with Crippen LogP contribution in [0.1, 0.15) is 29.1 Å². The maximum atomic E-state index is 13.4. The van der Waals surface area contributed by atoms with Gasteiger partial charge in [0.2, 0.25) is 0 Å². The van der Waals surface area contributed by atoms with Gasteiger partial charge in [0.25, 0.3) is 11.5 Å². The molecule has 0 aliphatic carbocycles. The molecule has 8 heteroatoms. The van der Waals surface area contributed by atoms with Crippen LogP contribution >= 0.6 is 23.2 Å². The van der Waals surface area contributed by atoms with Crippen molar-refractivity contribution >= 4 is 39.9 Å². The van der Waals surface area contributed by atoms with Crippen molar-refractivity contribution in [1.29, 1.82) is 0 Å². The van der Waals surface area contributed by atoms with Crippen LogP contribution in [-0.4, -0.2) is 20.4 Å². The average molecular weight is 439 g/mol. The smallest absolute Gasteiger partial charge is 0.273 e. The number of halogens is 2. The third kappa shape index (κ3) is 3.67. The number of aromatic nitrogens is 3. The van der Waals surface area contributed by atoms with Gasteiger partial charge in [-0.3, -0.25) is 14.2 Å². The summed E-state index contributed by atoms with van der Waals surface area (Å²) in [6.07, 6.45) is 2.80. The number of carbonyl (C=O) groups is 1. The second-order valence-corrected chi connectivity index (χ2v) is 7.41. The second kappa shape index (κ2) is 8.26. The number of amides is 1. The maximum absolute atomic E-state index is 13.4. The summed E-state index contributed by atoms with van der Waals surface area (Å²) in [6.45, 7) is 1.78. The highest BCUT2D eigenvalue weighted by atomic mass is 35.5. The summed E-state index contributed by atoms with van der Waals surface area (Å²) in [5.74, 6) is -0.487. The van der Waals surface area contributed by atoms with Crippen LogP contribution in [-0.2, 0) is 0 Å². The zero-order valence-corrected chi connectivity index (χ0v) is 17.4. The molecule has 1 atom stereocenters. The number of nitrogens with zero attached hydrogens (tertiary/aromatic N) is 3. The van der Waals surface area contributed by atoms with Crippen LogP contribution in [0.2, 0.25) is 10.2 Å². The molecule has 0 spiro atoms. The zero-order valence-electron chi connectivity index (χ0n) is 15.8. The molecule has 4 aromatic rings. The van der Waals surface area contributed by atoms with E-state index in [2.05, 4.69) is 15.3 Å². The number of nitrogens with one attached hydrogen (secondary N) is 1. The van der Waals surface area contributed by atoms with E-state index in [0.717, 1.165) is 0 Å². The van der Waals surface area contributed by atoms with E-state index in [9.17, 15) is 9.59 Å². The van der Waals surface area contributed by atoms with E-state index < -0.39 is 11.9 Å². The van der Waals surface area contributed by atoms with Crippen LogP contribution in [0.15, 0.2) is 71.8 Å². The number of hydrogen-bond donors (Lipinski definition) is 1. The maximum Gasteiger partial charge on any atom is 0.273 e. The van der Waals surface area contributed by atoms with Crippen molar-refractivity contribution in [2.24, 2.45) is 0 Å². The summed E-state index contributed by atoms with van der Waals surface area (Å²) in [4.78, 5) is 34.0. The molecule has 2 aromatic heterocycles. The Morgan fingerprint density at radius 1 is 1.03 bits per heavy atom. The molecule has 0 aliphatic heterocycles. The quantitative estimate of drug-likeness (QED) is 0.505. The topological polar surface area (TPSA) is 76.9 Å². The van der Waals surface area contributed by atoms with Gasteiger partial charge in [0, 0.05) is 23.8 Å². The van der Waals surface area contributed by atoms with E-state index in [4.69, 9.17) is 23.2 Å². The third-order valence-electron chi connectivity index (χ3n) is 4.70. The van der Waals surface area contributed by atoms with E-state index >= 15 is 0 Å². The van der Waals surface area contributed by atoms with E-state index in [1.54, 1.807) is 23.6 Å². The SMILES string of the molecule is C[C@H](NC(=O)c1nccnc1Cl)c1cc2cccc(Cl)c2c(=O)n1-c1ccccc1. The summed E-state index contributed by atoms with van der Waals surface area (Å²) >= 11 is 12.3. The molecule has 0 radical (unpaired) electrons. The molecule has 0 saturated carbocycles. The van der Waals surface area contributed by atoms with Gasteiger partial charge in [-0.25, -0.2) is 9.97 Å². The molecule has 1 N–H and O–H groups in total. The number of rotatable bonds is 4. The predicted octanol–water partition coefficient (Wildman–Crippen LogP) is 4.58. The largest absolute Gasteiger partial charge is 0.343 e. The van der Waals surface area contributed by atoms with E-state index in [0.29, 0.717) is 27.2 Å². The summed E-state index contributed by atoms with van der Waals surface area (Å²) in [5, 5.41) is 4.34. The fourth-order valence-electron chi connectivity index (χ4n) is 3.31. The van der Waals surface area contributed by atoms with E-state index in [-0.39, 0.29) is 16.4 Å². The Labute approximate surface area is 182 Å². The number of para-hydroxylation sites is 1. The molecular formula is C22H16Cl2N4O2. The molecule has 0 saturated heterocycles. The molecule has 0 aliphatic rings. The highest BCUT2D eigenvalue weighted by Gasteiger charge is 2.21. The molecule has 1 amide bonds. The Morgan fingerprint density at radius 2 is 1.77 bits per heavy atom. The van der Waals surface area contributed by atoms with Crippen LogP contribution in [0.5, 0.6) is 0 Å². The van der Waals surface area contributed by atoms with Gasteiger partial charge in [-0.1, -0.05) is 53.5 Å². The fourth-order valence-corrected chi connectivity index (χ4v) is 3.77. The lowest BCUT2D eigenvalue weighted by Gasteiger charge is -2.21. The van der Waals surface area contributed by atoms with Crippen molar-refractivity contribution in [3.8, 4) is 5.69 Å². The molecule has 0 fully saturated rings. The van der Waals surface area contributed by atoms with Gasteiger partial charge >= 0.3 is 0 Å². The lowest BCUT2D eigenvalue weighted by Crippen LogP contribution is -2.32. The number of fused-ring (bicyclic) bond motifs is 1. The normalized spacial score (nSPS) is 12.0. The first-order chi connectivity index (χ1) is 14.5. The molecule has 6 nitrogen and oxygen atoms in total. The minimum atomic E-state index is -0.535. The first-order valence-electron chi connectivity index (χ1n) is 9.14. The van der Waals surface area contributed by atoms with Gasteiger partial charge in [-0.2, -0.15) is 0 Å². The third-order valence-corrected chi connectivity index (χ3v) is 5.29. The molecule has 2 aromatic carbocycles. The van der Waals surface area contributed by atoms with Crippen molar-refractivity contribution in [3.63, 3.8) is 0 Å². The Morgan fingerprint density at radius 3 is 2.50 bits per heavy atom. The highest BCUT2D eigenvalue weighted by Crippen LogP contribution is 2.25. The average Bonchev–Trinajstić information content (AvgIpc) is 2.74. The zero-order chi connectivity index (χ0) is 21.3. The Hall–Kier alpha value is -3.22. The summed E-state index contributed by atoms with van der Waals surface area (Å²) in [6, 6.07) is 15.8. The molecule has 30 heavy (non-hydrogen) atoms. The monoisotopic (exact) mass is 438 g/mol. The van der Waals surface area contributed by atoms with E-state index in [1.165, 1.54) is 12.4 Å². The Bertz CT molecular complexity index is 1310. The summed E-state index contributed by atoms with van der Waals surface area (Å²) < 4.78 is 1.55. The van der Waals surface area contributed by atoms with Crippen molar-refractivity contribution < 1.29 is 4.79 Å². The Balaban J connectivity index is 1.86. The number of carbonyl (C=O) groups excluding carboxylic acids is 1. The summed E-state index contributed by atoms with van der Waals surface area (Å²) in [7, 11) is 0. The van der Waals surface area contributed by atoms with Gasteiger partial charge in [0.05, 0.1) is 16.5 Å². The van der Waals surface area contributed by atoms with Crippen molar-refractivity contribution in [3.05, 3.63) is 98.9 Å². The van der Waals surface area contributed by atoms with Gasteiger partial charge < -0.3 is 5.32 Å². The van der Waals surface area contributed by atoms with Gasteiger partial charge in [-0.15, -0.1) is 0 Å². The lowest BCUT2D eigenvalue weighted by molar-refractivity contribution is 0.0933. The van der Waals surface area contributed by atoms with Crippen LogP contribution in [0, 0.1) is 0 Å². The van der Waals surface area contributed by atoms with Gasteiger partial charge in [0.15, 0.2) is 10.8 Å². The van der Waals surface area contributed by atoms with Crippen molar-refractivity contribution in [2.45, 2.75) is 13.0 Å². The first-order valence-corrected chi connectivity index (χ1v) is 9.90. The number of pyridine rings is 1. The predicted molar refractivity (Wildman–Crippen MR) is 117 cm³/mol. The van der Waals surface area contributed by atoms with Crippen molar-refractivity contribution in [2.75, 3.05) is 0 Å². The van der Waals surface area contributed by atoms with Gasteiger partial charge in [0.1, 0.15) is 0 Å². The van der Waals surface area contributed by atoms with Crippen LogP contribution < -0.4 is 10.9 Å². The highest BCUT2D eigenvalue weighted by molar-refractivity contribution is 6.35. The van der Waals surface area contributed by atoms with E-state index in [1.807, 2.05) is 42.5 Å². The van der Waals surface area contributed by atoms with Gasteiger partial charge in [-0.05, 0) is 36.6 Å². The van der Waals surface area contributed by atoms with Crippen LogP contribution in [0.4, 0.5) is 0 Å². The molecule has 4 rings (SSSR count). The molecular weight excluding hydrogens is 423 g/mol. The molecule has 0 bridgehead atoms. The second-order valence-electron chi connectivity index (χ2n) is 6.64. The first kappa shape index (κ1) is 20.1. The molecule has 150 valence electrons. The Kier molecular flexibility index (Phi) is 5.53. The minimum Gasteiger partial charge on any atom is -0.343 e. The standard InChI is InChI=1S/C22H16Cl2N4O2/c1-13(27-21(29)19-20(24)26-11-10-25-19)17-12-14-6-5-9-16(23)18(14)22(30)28(17)15-7-3-2-4-8-15/h2-13H,1H3,(H,27,29)/t13-/m0/s1. The van der Waals surface area contributed by atoms with Crippen LogP contribution in [0.3, 0.4) is 0 Å². The fraction of sp³-hybridized carbons (Fsp3) is 0.0909. The molecule has 2 heterocycles. The lowest BCUT2D eigenvalue weighted by atomic mass is 10.1.